The van der Waals surface area contributed by atoms with Gasteiger partial charge in [0, 0.05) is 17.8 Å². The minimum atomic E-state index is -0.408. The van der Waals surface area contributed by atoms with Crippen molar-refractivity contribution in [3.63, 3.8) is 0 Å². The predicted octanol–water partition coefficient (Wildman–Crippen LogP) is 2.57. The number of nitrogens with one attached hydrogen (secondary N) is 2. The first-order valence-electron chi connectivity index (χ1n) is 6.29. The van der Waals surface area contributed by atoms with Crippen LogP contribution in [0.2, 0.25) is 0 Å². The van der Waals surface area contributed by atoms with Crippen LogP contribution in [0.5, 0.6) is 0 Å². The van der Waals surface area contributed by atoms with Crippen LogP contribution in [0.3, 0.4) is 0 Å². The van der Waals surface area contributed by atoms with Gasteiger partial charge in [0.05, 0.1) is 0 Å². The van der Waals surface area contributed by atoms with Crippen LogP contribution in [0.1, 0.15) is 24.3 Å². The molecular weight excluding hydrogens is 274 g/mol. The fourth-order valence-corrected chi connectivity index (χ4v) is 1.74. The number of halogens is 1. The highest BCUT2D eigenvalue weighted by molar-refractivity contribution is 5.93. The summed E-state index contributed by atoms with van der Waals surface area (Å²) in [7, 11) is 0. The molecule has 0 aliphatic rings. The summed E-state index contributed by atoms with van der Waals surface area (Å²) in [5.41, 5.74) is 7.72. The van der Waals surface area contributed by atoms with Crippen LogP contribution in [0, 0.1) is 0 Å². The number of aromatic amines is 1. The van der Waals surface area contributed by atoms with Gasteiger partial charge in [0.25, 0.3) is 5.91 Å². The van der Waals surface area contributed by atoms with Crippen molar-refractivity contribution in [2.24, 2.45) is 5.73 Å². The molecule has 108 valence electrons. The number of carbonyl (C=O) groups excluding carboxylic acids is 1. The summed E-state index contributed by atoms with van der Waals surface area (Å²) < 4.78 is 0. The maximum atomic E-state index is 12.1. The molecule has 1 amide bonds. The number of aromatic nitrogens is 1. The number of H-pyrrole nitrogens is 1. The van der Waals surface area contributed by atoms with Crippen molar-refractivity contribution in [1.82, 2.24) is 10.3 Å². The van der Waals surface area contributed by atoms with E-state index in [1.54, 1.807) is 6.07 Å². The third-order valence-electron chi connectivity index (χ3n) is 2.98. The van der Waals surface area contributed by atoms with Gasteiger partial charge in [-0.05, 0) is 31.5 Å². The van der Waals surface area contributed by atoms with Gasteiger partial charge in [-0.25, -0.2) is 0 Å². The van der Waals surface area contributed by atoms with E-state index in [1.165, 1.54) is 0 Å². The summed E-state index contributed by atoms with van der Waals surface area (Å²) in [5.74, 6) is -0.141. The molecule has 5 heteroatoms. The Bertz CT molecular complexity index is 564. The number of rotatable bonds is 4. The Morgan fingerprint density at radius 2 is 1.85 bits per heavy atom. The quantitative estimate of drug-likeness (QED) is 0.811. The van der Waals surface area contributed by atoms with Gasteiger partial charge in [0.15, 0.2) is 0 Å². The smallest absolute Gasteiger partial charge is 0.268 e. The number of carbonyl (C=O) groups is 1. The molecule has 0 aliphatic heterocycles. The SMILES string of the molecule is CC(C)(CN)NC(=O)c1ccc(-c2ccccc2)[nH]1.Cl. The zero-order valence-electron chi connectivity index (χ0n) is 11.6. The van der Waals surface area contributed by atoms with Crippen LogP contribution in [-0.4, -0.2) is 23.0 Å². The van der Waals surface area contributed by atoms with Crippen molar-refractivity contribution >= 4 is 18.3 Å². The van der Waals surface area contributed by atoms with Crippen molar-refractivity contribution in [1.29, 1.82) is 0 Å². The first kappa shape index (κ1) is 16.3. The average Bonchev–Trinajstić information content (AvgIpc) is 2.89. The molecule has 20 heavy (non-hydrogen) atoms. The van der Waals surface area contributed by atoms with E-state index in [4.69, 9.17) is 5.73 Å². The molecule has 0 spiro atoms. The second-order valence-corrected chi connectivity index (χ2v) is 5.19. The van der Waals surface area contributed by atoms with E-state index < -0.39 is 5.54 Å². The van der Waals surface area contributed by atoms with E-state index in [2.05, 4.69) is 10.3 Å². The second-order valence-electron chi connectivity index (χ2n) is 5.19. The molecule has 0 atom stereocenters. The molecule has 0 aliphatic carbocycles. The third kappa shape index (κ3) is 3.85. The Morgan fingerprint density at radius 3 is 2.45 bits per heavy atom. The fourth-order valence-electron chi connectivity index (χ4n) is 1.74. The average molecular weight is 294 g/mol. The zero-order valence-corrected chi connectivity index (χ0v) is 12.5. The minimum Gasteiger partial charge on any atom is -0.351 e. The van der Waals surface area contributed by atoms with E-state index in [9.17, 15) is 4.79 Å². The molecule has 1 aromatic carbocycles. The Kier molecular flexibility index (Phi) is 5.36. The molecule has 1 aromatic heterocycles. The van der Waals surface area contributed by atoms with Gasteiger partial charge in [0.1, 0.15) is 5.69 Å². The predicted molar refractivity (Wildman–Crippen MR) is 84.1 cm³/mol. The Hall–Kier alpha value is -1.78. The largest absolute Gasteiger partial charge is 0.351 e. The van der Waals surface area contributed by atoms with E-state index in [0.717, 1.165) is 11.3 Å². The highest BCUT2D eigenvalue weighted by Gasteiger charge is 2.20. The Balaban J connectivity index is 0.00000200. The highest BCUT2D eigenvalue weighted by Crippen LogP contribution is 2.18. The third-order valence-corrected chi connectivity index (χ3v) is 2.98. The van der Waals surface area contributed by atoms with E-state index in [-0.39, 0.29) is 18.3 Å². The molecule has 0 fully saturated rings. The van der Waals surface area contributed by atoms with Crippen LogP contribution < -0.4 is 11.1 Å². The number of hydrogen-bond acceptors (Lipinski definition) is 2. The lowest BCUT2D eigenvalue weighted by Crippen LogP contribution is -2.48. The summed E-state index contributed by atoms with van der Waals surface area (Å²) in [4.78, 5) is 15.2. The summed E-state index contributed by atoms with van der Waals surface area (Å²) in [5, 5.41) is 2.89. The van der Waals surface area contributed by atoms with Gasteiger partial charge in [0.2, 0.25) is 0 Å². The lowest BCUT2D eigenvalue weighted by atomic mass is 10.1. The molecule has 1 heterocycles. The van der Waals surface area contributed by atoms with E-state index in [1.807, 2.05) is 50.2 Å². The molecule has 0 bridgehead atoms. The molecule has 4 N–H and O–H groups in total. The number of benzene rings is 1. The summed E-state index contributed by atoms with van der Waals surface area (Å²) in [6, 6.07) is 13.6. The molecule has 0 radical (unpaired) electrons. The normalized spacial score (nSPS) is 10.8. The van der Waals surface area contributed by atoms with Crippen molar-refractivity contribution in [3.8, 4) is 11.3 Å². The van der Waals surface area contributed by atoms with Gasteiger partial charge in [-0.2, -0.15) is 0 Å². The van der Waals surface area contributed by atoms with E-state index in [0.29, 0.717) is 12.2 Å². The van der Waals surface area contributed by atoms with Crippen LogP contribution in [0.25, 0.3) is 11.3 Å². The van der Waals surface area contributed by atoms with Crippen molar-refractivity contribution in [2.75, 3.05) is 6.54 Å². The monoisotopic (exact) mass is 293 g/mol. The van der Waals surface area contributed by atoms with Gasteiger partial charge >= 0.3 is 0 Å². The molecule has 0 saturated carbocycles. The molecule has 2 aromatic rings. The van der Waals surface area contributed by atoms with Crippen molar-refractivity contribution in [3.05, 3.63) is 48.2 Å². The second kappa shape index (κ2) is 6.59. The van der Waals surface area contributed by atoms with Crippen LogP contribution in [-0.2, 0) is 0 Å². The first-order valence-corrected chi connectivity index (χ1v) is 6.29. The van der Waals surface area contributed by atoms with Gasteiger partial charge < -0.3 is 16.0 Å². The van der Waals surface area contributed by atoms with Crippen molar-refractivity contribution < 1.29 is 4.79 Å². The van der Waals surface area contributed by atoms with Gasteiger partial charge in [-0.15, -0.1) is 12.4 Å². The first-order chi connectivity index (χ1) is 9.02. The van der Waals surface area contributed by atoms with Gasteiger partial charge in [-0.3, -0.25) is 4.79 Å². The Morgan fingerprint density at radius 1 is 1.20 bits per heavy atom. The van der Waals surface area contributed by atoms with Crippen LogP contribution in [0.15, 0.2) is 42.5 Å². The Labute approximate surface area is 125 Å². The maximum absolute atomic E-state index is 12.1. The molecular formula is C15H20ClN3O. The molecule has 4 nitrogen and oxygen atoms in total. The number of nitrogens with two attached hydrogens (primary N) is 1. The topological polar surface area (TPSA) is 70.9 Å². The molecule has 0 unspecified atom stereocenters. The van der Waals surface area contributed by atoms with Gasteiger partial charge in [-0.1, -0.05) is 30.3 Å². The molecule has 2 rings (SSSR count). The maximum Gasteiger partial charge on any atom is 0.268 e. The number of hydrogen-bond donors (Lipinski definition) is 3. The van der Waals surface area contributed by atoms with Crippen LogP contribution in [0.4, 0.5) is 0 Å². The zero-order chi connectivity index (χ0) is 13.9. The summed E-state index contributed by atoms with van der Waals surface area (Å²) in [6.07, 6.45) is 0. The summed E-state index contributed by atoms with van der Waals surface area (Å²) in [6.45, 7) is 4.18. The lowest BCUT2D eigenvalue weighted by Gasteiger charge is -2.23. The fraction of sp³-hybridized carbons (Fsp3) is 0.267. The van der Waals surface area contributed by atoms with Crippen LogP contribution >= 0.6 is 12.4 Å². The van der Waals surface area contributed by atoms with Crippen molar-refractivity contribution in [2.45, 2.75) is 19.4 Å². The standard InChI is InChI=1S/C15H19N3O.ClH/c1-15(2,10-16)18-14(19)13-9-8-12(17-13)11-6-4-3-5-7-11;/h3-9,17H,10,16H2,1-2H3,(H,18,19);1H. The minimum absolute atomic E-state index is 0. The molecule has 0 saturated heterocycles. The summed E-state index contributed by atoms with van der Waals surface area (Å²) >= 11 is 0. The van der Waals surface area contributed by atoms with E-state index >= 15 is 0 Å². The number of amides is 1. The highest BCUT2D eigenvalue weighted by atomic mass is 35.5. The lowest BCUT2D eigenvalue weighted by molar-refractivity contribution is 0.0911.